The topological polar surface area (TPSA) is 21.3 Å². The van der Waals surface area contributed by atoms with Crippen LogP contribution in [0.2, 0.25) is 0 Å². The molecule has 2 atom stereocenters. The lowest BCUT2D eigenvalue weighted by atomic mass is 9.85. The molecule has 0 bridgehead atoms. The van der Waals surface area contributed by atoms with Gasteiger partial charge >= 0.3 is 6.18 Å². The summed E-state index contributed by atoms with van der Waals surface area (Å²) in [5, 5.41) is 3.35. The number of alkyl halides is 3. The highest BCUT2D eigenvalue weighted by molar-refractivity contribution is 4.83. The van der Waals surface area contributed by atoms with E-state index >= 15 is 0 Å². The largest absolute Gasteiger partial charge is 0.391 e. The van der Waals surface area contributed by atoms with Gasteiger partial charge in [-0.2, -0.15) is 13.2 Å². The van der Waals surface area contributed by atoms with Crippen LogP contribution in [0.5, 0.6) is 0 Å². The second kappa shape index (κ2) is 6.05. The molecule has 17 heavy (non-hydrogen) atoms. The molecule has 0 heterocycles. The summed E-state index contributed by atoms with van der Waals surface area (Å²) in [6, 6.07) is 0.369. The minimum absolute atomic E-state index is 0.0790. The summed E-state index contributed by atoms with van der Waals surface area (Å²) >= 11 is 0. The average molecular weight is 253 g/mol. The molecular weight excluding hydrogens is 231 g/mol. The average Bonchev–Trinajstić information content (AvgIpc) is 2.27. The van der Waals surface area contributed by atoms with Crippen LogP contribution in [0.1, 0.15) is 39.5 Å². The Bertz CT molecular complexity index is 224. The van der Waals surface area contributed by atoms with Crippen molar-refractivity contribution < 1.29 is 17.9 Å². The number of halogens is 3. The van der Waals surface area contributed by atoms with Gasteiger partial charge < -0.3 is 10.1 Å². The van der Waals surface area contributed by atoms with Gasteiger partial charge in [-0.1, -0.05) is 0 Å². The smallest absolute Gasteiger partial charge is 0.380 e. The Morgan fingerprint density at radius 1 is 1.12 bits per heavy atom. The monoisotopic (exact) mass is 253 g/mol. The second-order valence-electron chi connectivity index (χ2n) is 4.99. The summed E-state index contributed by atoms with van der Waals surface area (Å²) < 4.78 is 42.6. The van der Waals surface area contributed by atoms with E-state index < -0.39 is 12.1 Å². The third kappa shape index (κ3) is 4.47. The van der Waals surface area contributed by atoms with Crippen LogP contribution in [0.15, 0.2) is 0 Å². The van der Waals surface area contributed by atoms with Gasteiger partial charge in [-0.15, -0.1) is 0 Å². The Balaban J connectivity index is 2.33. The summed E-state index contributed by atoms with van der Waals surface area (Å²) in [5.41, 5.74) is 0. The maximum atomic E-state index is 12.5. The maximum absolute atomic E-state index is 12.5. The number of ether oxygens (including phenoxy) is 1. The summed E-state index contributed by atoms with van der Waals surface area (Å²) in [5.74, 6) is -1.10. The number of methoxy groups -OCH3 is 1. The lowest BCUT2D eigenvalue weighted by molar-refractivity contribution is -0.182. The fourth-order valence-corrected chi connectivity index (χ4v) is 2.30. The van der Waals surface area contributed by atoms with Crippen molar-refractivity contribution in [2.45, 2.75) is 63.9 Å². The third-order valence-corrected chi connectivity index (χ3v) is 3.76. The van der Waals surface area contributed by atoms with E-state index in [0.29, 0.717) is 12.8 Å². The van der Waals surface area contributed by atoms with Gasteiger partial charge in [-0.05, 0) is 39.5 Å². The molecule has 0 spiro atoms. The van der Waals surface area contributed by atoms with Gasteiger partial charge in [-0.3, -0.25) is 0 Å². The lowest BCUT2D eigenvalue weighted by Gasteiger charge is -2.33. The minimum Gasteiger partial charge on any atom is -0.380 e. The van der Waals surface area contributed by atoms with E-state index in [-0.39, 0.29) is 31.0 Å². The number of nitrogens with one attached hydrogen (secondary N) is 1. The first-order valence-corrected chi connectivity index (χ1v) is 6.20. The first-order valence-electron chi connectivity index (χ1n) is 6.20. The Labute approximate surface area is 101 Å². The molecule has 0 saturated heterocycles. The minimum atomic E-state index is -4.02. The molecule has 1 rings (SSSR count). The van der Waals surface area contributed by atoms with E-state index in [9.17, 15) is 13.2 Å². The van der Waals surface area contributed by atoms with Crippen molar-refractivity contribution in [3.05, 3.63) is 0 Å². The van der Waals surface area contributed by atoms with E-state index in [2.05, 4.69) is 5.32 Å². The van der Waals surface area contributed by atoms with E-state index in [1.807, 2.05) is 13.8 Å². The van der Waals surface area contributed by atoms with Crippen molar-refractivity contribution >= 4 is 0 Å². The van der Waals surface area contributed by atoms with Crippen molar-refractivity contribution in [3.8, 4) is 0 Å². The normalized spacial score (nSPS) is 30.0. The zero-order chi connectivity index (χ0) is 13.1. The van der Waals surface area contributed by atoms with Gasteiger partial charge in [0.05, 0.1) is 12.0 Å². The van der Waals surface area contributed by atoms with Crippen LogP contribution < -0.4 is 5.32 Å². The molecule has 2 nitrogen and oxygen atoms in total. The first kappa shape index (κ1) is 14.8. The standard InChI is InChI=1S/C12H22F3NO/c1-8(9(2)17-3)16-11-6-4-10(5-7-11)12(13,14)15/h8-11,16H,4-7H2,1-3H3. The van der Waals surface area contributed by atoms with E-state index in [0.717, 1.165) is 0 Å². The van der Waals surface area contributed by atoms with Gasteiger partial charge in [0, 0.05) is 19.2 Å². The predicted molar refractivity (Wildman–Crippen MR) is 60.9 cm³/mol. The molecule has 5 heteroatoms. The highest BCUT2D eigenvalue weighted by Gasteiger charge is 2.41. The fourth-order valence-electron chi connectivity index (χ4n) is 2.30. The van der Waals surface area contributed by atoms with E-state index in [4.69, 9.17) is 4.74 Å². The number of hydrogen-bond acceptors (Lipinski definition) is 2. The molecular formula is C12H22F3NO. The first-order chi connectivity index (χ1) is 7.84. The fraction of sp³-hybridized carbons (Fsp3) is 1.00. The molecule has 1 aliphatic rings. The van der Waals surface area contributed by atoms with Crippen molar-refractivity contribution in [3.63, 3.8) is 0 Å². The summed E-state index contributed by atoms with van der Waals surface area (Å²) in [7, 11) is 1.64. The van der Waals surface area contributed by atoms with Crippen molar-refractivity contribution in [2.75, 3.05) is 7.11 Å². The van der Waals surface area contributed by atoms with Crippen LogP contribution in [-0.4, -0.2) is 31.5 Å². The van der Waals surface area contributed by atoms with Crippen LogP contribution in [0, 0.1) is 5.92 Å². The van der Waals surface area contributed by atoms with Crippen LogP contribution in [0.4, 0.5) is 13.2 Å². The van der Waals surface area contributed by atoms with E-state index in [1.54, 1.807) is 7.11 Å². The Kier molecular flexibility index (Phi) is 5.25. The number of rotatable bonds is 4. The molecule has 2 unspecified atom stereocenters. The van der Waals surface area contributed by atoms with Crippen molar-refractivity contribution in [1.29, 1.82) is 0 Å². The molecule has 0 aromatic carbocycles. The number of hydrogen-bond donors (Lipinski definition) is 1. The Hall–Kier alpha value is -0.290. The quantitative estimate of drug-likeness (QED) is 0.831. The summed E-state index contributed by atoms with van der Waals surface area (Å²) in [4.78, 5) is 0. The highest BCUT2D eigenvalue weighted by atomic mass is 19.4. The van der Waals surface area contributed by atoms with E-state index in [1.165, 1.54) is 0 Å². The van der Waals surface area contributed by atoms with Gasteiger partial charge in [0.15, 0.2) is 0 Å². The molecule has 1 saturated carbocycles. The van der Waals surface area contributed by atoms with Gasteiger partial charge in [-0.25, -0.2) is 0 Å². The second-order valence-corrected chi connectivity index (χ2v) is 4.99. The zero-order valence-corrected chi connectivity index (χ0v) is 10.7. The molecule has 0 radical (unpaired) electrons. The van der Waals surface area contributed by atoms with Gasteiger partial charge in [0.25, 0.3) is 0 Å². The molecule has 1 N–H and O–H groups in total. The molecule has 0 aromatic heterocycles. The van der Waals surface area contributed by atoms with Crippen LogP contribution in [-0.2, 0) is 4.74 Å². The Morgan fingerprint density at radius 2 is 1.65 bits per heavy atom. The third-order valence-electron chi connectivity index (χ3n) is 3.76. The van der Waals surface area contributed by atoms with Gasteiger partial charge in [0.1, 0.15) is 0 Å². The maximum Gasteiger partial charge on any atom is 0.391 e. The van der Waals surface area contributed by atoms with Crippen molar-refractivity contribution in [1.82, 2.24) is 5.32 Å². The molecule has 0 aromatic rings. The highest BCUT2D eigenvalue weighted by Crippen LogP contribution is 2.37. The molecule has 0 aliphatic heterocycles. The van der Waals surface area contributed by atoms with Gasteiger partial charge in [0.2, 0.25) is 0 Å². The molecule has 1 aliphatic carbocycles. The van der Waals surface area contributed by atoms with Crippen LogP contribution in [0.25, 0.3) is 0 Å². The summed E-state index contributed by atoms with van der Waals surface area (Å²) in [6.45, 7) is 3.96. The molecule has 1 fully saturated rings. The predicted octanol–water partition coefficient (Wildman–Crippen LogP) is 3.12. The van der Waals surface area contributed by atoms with Crippen LogP contribution in [0.3, 0.4) is 0 Å². The molecule has 102 valence electrons. The zero-order valence-electron chi connectivity index (χ0n) is 10.7. The SMILES string of the molecule is COC(C)C(C)NC1CCC(C(F)(F)F)CC1. The Morgan fingerprint density at radius 3 is 2.06 bits per heavy atom. The summed E-state index contributed by atoms with van der Waals surface area (Å²) in [6.07, 6.45) is -2.24. The van der Waals surface area contributed by atoms with Crippen molar-refractivity contribution in [2.24, 2.45) is 5.92 Å². The molecule has 0 amide bonds. The van der Waals surface area contributed by atoms with Crippen LogP contribution >= 0.6 is 0 Å². The lowest BCUT2D eigenvalue weighted by Crippen LogP contribution is -2.45.